The number of nitriles is 1. The summed E-state index contributed by atoms with van der Waals surface area (Å²) in [7, 11) is 0. The van der Waals surface area contributed by atoms with Gasteiger partial charge in [0.05, 0.1) is 11.6 Å². The first-order valence-corrected chi connectivity index (χ1v) is 5.73. The molecule has 0 amide bonds. The minimum absolute atomic E-state index is 0.695. The van der Waals surface area contributed by atoms with Crippen LogP contribution in [0.1, 0.15) is 16.7 Å². The molecule has 1 nitrogen and oxygen atoms in total. The molecule has 0 spiro atoms. The fourth-order valence-corrected chi connectivity index (χ4v) is 1.68. The van der Waals surface area contributed by atoms with Gasteiger partial charge in [-0.3, -0.25) is 0 Å². The van der Waals surface area contributed by atoms with E-state index < -0.39 is 0 Å². The van der Waals surface area contributed by atoms with E-state index in [1.165, 1.54) is 5.56 Å². The van der Waals surface area contributed by atoms with Gasteiger partial charge >= 0.3 is 0 Å². The van der Waals surface area contributed by atoms with Crippen molar-refractivity contribution in [3.05, 3.63) is 76.7 Å². The summed E-state index contributed by atoms with van der Waals surface area (Å²) >= 11 is 5.82. The minimum atomic E-state index is 0.695. The van der Waals surface area contributed by atoms with Crippen molar-refractivity contribution in [2.45, 2.75) is 6.42 Å². The van der Waals surface area contributed by atoms with Crippen LogP contribution in [-0.4, -0.2) is 0 Å². The highest BCUT2D eigenvalue weighted by molar-refractivity contribution is 6.30. The topological polar surface area (TPSA) is 23.8 Å². The van der Waals surface area contributed by atoms with Gasteiger partial charge < -0.3 is 0 Å². The lowest BCUT2D eigenvalue weighted by molar-refractivity contribution is 1.16. The van der Waals surface area contributed by atoms with Crippen molar-refractivity contribution in [1.82, 2.24) is 0 Å². The highest BCUT2D eigenvalue weighted by atomic mass is 35.5. The van der Waals surface area contributed by atoms with Crippen molar-refractivity contribution in [2.24, 2.45) is 0 Å². The molecular weight excluding hydrogens is 230 g/mol. The van der Waals surface area contributed by atoms with Gasteiger partial charge in [0.1, 0.15) is 0 Å². The number of hydrogen-bond acceptors (Lipinski definition) is 1. The molecule has 0 aliphatic heterocycles. The highest BCUT2D eigenvalue weighted by Gasteiger charge is 1.97. The molecular formula is C15H11ClN. The van der Waals surface area contributed by atoms with Gasteiger partial charge in [-0.2, -0.15) is 5.26 Å². The van der Waals surface area contributed by atoms with E-state index >= 15 is 0 Å². The first-order chi connectivity index (χ1) is 8.28. The summed E-state index contributed by atoms with van der Waals surface area (Å²) < 4.78 is 0. The van der Waals surface area contributed by atoms with Crippen LogP contribution < -0.4 is 0 Å². The number of benzene rings is 2. The number of halogens is 1. The van der Waals surface area contributed by atoms with Gasteiger partial charge in [0.25, 0.3) is 0 Å². The van der Waals surface area contributed by atoms with E-state index in [4.69, 9.17) is 16.9 Å². The SMILES string of the molecule is N#Cc1ccc(C[CH]c2ccc(Cl)cc2)cc1. The van der Waals surface area contributed by atoms with Crippen molar-refractivity contribution >= 4 is 11.6 Å². The molecule has 0 fully saturated rings. The zero-order valence-electron chi connectivity index (χ0n) is 9.23. The van der Waals surface area contributed by atoms with Gasteiger partial charge in [-0.25, -0.2) is 0 Å². The summed E-state index contributed by atoms with van der Waals surface area (Å²) in [6, 6.07) is 17.5. The Hall–Kier alpha value is -1.78. The lowest BCUT2D eigenvalue weighted by Gasteiger charge is -2.02. The minimum Gasteiger partial charge on any atom is -0.192 e. The first kappa shape index (κ1) is 11.7. The third-order valence-corrected chi connectivity index (χ3v) is 2.78. The molecule has 0 saturated heterocycles. The standard InChI is InChI=1S/C15H11ClN/c16-15-9-7-13(8-10-15)2-1-12-3-5-14(11-17)6-4-12/h2-10H,1H2. The van der Waals surface area contributed by atoms with Crippen LogP contribution in [0.25, 0.3) is 0 Å². The third-order valence-electron chi connectivity index (χ3n) is 2.53. The van der Waals surface area contributed by atoms with E-state index in [9.17, 15) is 0 Å². The Morgan fingerprint density at radius 3 is 2.24 bits per heavy atom. The van der Waals surface area contributed by atoms with Gasteiger partial charge in [-0.1, -0.05) is 35.9 Å². The molecule has 0 aliphatic carbocycles. The van der Waals surface area contributed by atoms with Crippen molar-refractivity contribution in [3.8, 4) is 6.07 Å². The summed E-state index contributed by atoms with van der Waals surface area (Å²) in [6.07, 6.45) is 2.99. The average molecular weight is 241 g/mol. The van der Waals surface area contributed by atoms with E-state index in [0.29, 0.717) is 5.56 Å². The molecule has 0 N–H and O–H groups in total. The quantitative estimate of drug-likeness (QED) is 0.795. The van der Waals surface area contributed by atoms with Crippen LogP contribution in [0.4, 0.5) is 0 Å². The molecule has 2 rings (SSSR count). The molecule has 0 saturated carbocycles. The molecule has 0 unspecified atom stereocenters. The van der Waals surface area contributed by atoms with Gasteiger partial charge in [0, 0.05) is 5.02 Å². The van der Waals surface area contributed by atoms with Crippen molar-refractivity contribution in [3.63, 3.8) is 0 Å². The fraction of sp³-hybridized carbons (Fsp3) is 0.0667. The van der Waals surface area contributed by atoms with Gasteiger partial charge in [0.2, 0.25) is 0 Å². The van der Waals surface area contributed by atoms with Crippen LogP contribution >= 0.6 is 11.6 Å². The van der Waals surface area contributed by atoms with Crippen molar-refractivity contribution < 1.29 is 0 Å². The lowest BCUT2D eigenvalue weighted by Crippen LogP contribution is -1.88. The zero-order chi connectivity index (χ0) is 12.1. The molecule has 2 aromatic rings. The Morgan fingerprint density at radius 1 is 1.00 bits per heavy atom. The second kappa shape index (κ2) is 5.52. The molecule has 0 aromatic heterocycles. The van der Waals surface area contributed by atoms with Gasteiger partial charge in [0.15, 0.2) is 0 Å². The Labute approximate surface area is 106 Å². The molecule has 17 heavy (non-hydrogen) atoms. The maximum atomic E-state index is 8.69. The summed E-state index contributed by atoms with van der Waals surface area (Å²) in [5.41, 5.74) is 3.04. The number of nitrogens with zero attached hydrogens (tertiary/aromatic N) is 1. The van der Waals surface area contributed by atoms with E-state index in [-0.39, 0.29) is 0 Å². The summed E-state index contributed by atoms with van der Waals surface area (Å²) in [5, 5.41) is 9.44. The third kappa shape index (κ3) is 3.34. The fourth-order valence-electron chi connectivity index (χ4n) is 1.55. The monoisotopic (exact) mass is 240 g/mol. The van der Waals surface area contributed by atoms with Crippen molar-refractivity contribution in [2.75, 3.05) is 0 Å². The Morgan fingerprint density at radius 2 is 1.65 bits per heavy atom. The lowest BCUT2D eigenvalue weighted by atomic mass is 10.0. The number of hydrogen-bond donors (Lipinski definition) is 0. The smallest absolute Gasteiger partial charge is 0.0991 e. The second-order valence-corrected chi connectivity index (χ2v) is 4.20. The highest BCUT2D eigenvalue weighted by Crippen LogP contribution is 2.13. The maximum absolute atomic E-state index is 8.69. The first-order valence-electron chi connectivity index (χ1n) is 5.36. The summed E-state index contributed by atoms with van der Waals surface area (Å²) in [5.74, 6) is 0. The summed E-state index contributed by atoms with van der Waals surface area (Å²) in [6.45, 7) is 0. The predicted octanol–water partition coefficient (Wildman–Crippen LogP) is 4.01. The Bertz CT molecular complexity index is 520. The molecule has 1 radical (unpaired) electrons. The molecule has 2 heteroatoms. The summed E-state index contributed by atoms with van der Waals surface area (Å²) in [4.78, 5) is 0. The van der Waals surface area contributed by atoms with Crippen LogP contribution in [0, 0.1) is 17.8 Å². The van der Waals surface area contributed by atoms with E-state index in [1.54, 1.807) is 0 Å². The van der Waals surface area contributed by atoms with Crippen LogP contribution in [0.15, 0.2) is 48.5 Å². The molecule has 0 atom stereocenters. The second-order valence-electron chi connectivity index (χ2n) is 3.77. The van der Waals surface area contributed by atoms with Crippen molar-refractivity contribution in [1.29, 1.82) is 5.26 Å². The van der Waals surface area contributed by atoms with Crippen LogP contribution in [0.2, 0.25) is 5.02 Å². The predicted molar refractivity (Wildman–Crippen MR) is 69.7 cm³/mol. The molecule has 0 heterocycles. The molecule has 2 aromatic carbocycles. The van der Waals surface area contributed by atoms with Gasteiger partial charge in [-0.05, 0) is 48.2 Å². The van der Waals surface area contributed by atoms with Crippen LogP contribution in [0.5, 0.6) is 0 Å². The molecule has 0 aliphatic rings. The van der Waals surface area contributed by atoms with Crippen LogP contribution in [-0.2, 0) is 6.42 Å². The Kier molecular flexibility index (Phi) is 3.80. The molecule has 0 bridgehead atoms. The van der Waals surface area contributed by atoms with E-state index in [1.807, 2.05) is 48.5 Å². The molecule has 83 valence electrons. The van der Waals surface area contributed by atoms with E-state index in [0.717, 1.165) is 17.0 Å². The number of rotatable bonds is 3. The van der Waals surface area contributed by atoms with Crippen LogP contribution in [0.3, 0.4) is 0 Å². The Balaban J connectivity index is 1.98. The zero-order valence-corrected chi connectivity index (χ0v) is 9.98. The largest absolute Gasteiger partial charge is 0.192 e. The average Bonchev–Trinajstić information content (AvgIpc) is 2.39. The van der Waals surface area contributed by atoms with Gasteiger partial charge in [-0.15, -0.1) is 0 Å². The maximum Gasteiger partial charge on any atom is 0.0991 e. The normalized spacial score (nSPS) is 9.88. The van der Waals surface area contributed by atoms with E-state index in [2.05, 4.69) is 12.5 Å².